The quantitative estimate of drug-likeness (QED) is 0.705. The first-order valence-corrected chi connectivity index (χ1v) is 9.58. The molecule has 1 atom stereocenters. The van der Waals surface area contributed by atoms with Gasteiger partial charge < -0.3 is 18.9 Å². The molecule has 4 rings (SSSR count). The molecular weight excluding hydrogens is 386 g/mol. The molecule has 30 heavy (non-hydrogen) atoms. The number of anilines is 1. The van der Waals surface area contributed by atoms with Crippen LogP contribution in [0.5, 0.6) is 17.2 Å². The van der Waals surface area contributed by atoms with Crippen LogP contribution in [0.1, 0.15) is 23.5 Å². The van der Waals surface area contributed by atoms with Crippen molar-refractivity contribution < 1.29 is 28.5 Å². The number of carbonyl (C=O) groups excluding carboxylic acids is 2. The van der Waals surface area contributed by atoms with E-state index in [1.807, 2.05) is 31.2 Å². The van der Waals surface area contributed by atoms with E-state index in [0.717, 1.165) is 5.56 Å². The minimum atomic E-state index is -0.501. The molecule has 0 unspecified atom stereocenters. The van der Waals surface area contributed by atoms with Crippen molar-refractivity contribution in [3.05, 3.63) is 58.8 Å². The summed E-state index contributed by atoms with van der Waals surface area (Å²) in [5.74, 6) is 0.322. The second kappa shape index (κ2) is 7.74. The van der Waals surface area contributed by atoms with Gasteiger partial charge in [-0.15, -0.1) is 0 Å². The number of nitrogens with zero attached hydrogens (tertiary/aromatic N) is 1. The Bertz CT molecular complexity index is 1040. The maximum Gasteiger partial charge on any atom is 0.336 e. The van der Waals surface area contributed by atoms with Crippen molar-refractivity contribution in [2.75, 3.05) is 32.8 Å². The average molecular weight is 409 g/mol. The molecule has 2 heterocycles. The number of hydrogen-bond donors (Lipinski definition) is 0. The number of methoxy groups -OCH3 is 3. The maximum atomic E-state index is 13.2. The van der Waals surface area contributed by atoms with Crippen LogP contribution in [0.3, 0.4) is 0 Å². The van der Waals surface area contributed by atoms with Crippen LogP contribution in [0.25, 0.3) is 0 Å². The van der Waals surface area contributed by atoms with Gasteiger partial charge in [0.2, 0.25) is 11.7 Å². The molecule has 0 fully saturated rings. The van der Waals surface area contributed by atoms with E-state index in [1.165, 1.54) is 21.3 Å². The van der Waals surface area contributed by atoms with Crippen molar-refractivity contribution in [1.29, 1.82) is 0 Å². The van der Waals surface area contributed by atoms with Crippen molar-refractivity contribution in [3.8, 4) is 17.2 Å². The number of carbonyl (C=O) groups is 2. The second-order valence-electron chi connectivity index (χ2n) is 7.18. The van der Waals surface area contributed by atoms with Gasteiger partial charge in [0.25, 0.3) is 0 Å². The van der Waals surface area contributed by atoms with Crippen molar-refractivity contribution in [3.63, 3.8) is 0 Å². The van der Waals surface area contributed by atoms with Gasteiger partial charge in [-0.25, -0.2) is 4.79 Å². The van der Waals surface area contributed by atoms with Crippen LogP contribution in [0.2, 0.25) is 0 Å². The number of benzene rings is 2. The highest BCUT2D eigenvalue weighted by atomic mass is 16.5. The van der Waals surface area contributed by atoms with E-state index in [-0.39, 0.29) is 18.9 Å². The molecule has 0 saturated carbocycles. The first-order chi connectivity index (χ1) is 14.5. The highest BCUT2D eigenvalue weighted by molar-refractivity contribution is 6.06. The van der Waals surface area contributed by atoms with Crippen LogP contribution in [-0.2, 0) is 14.3 Å². The number of aryl methyl sites for hydroxylation is 1. The Hall–Kier alpha value is -3.48. The maximum absolute atomic E-state index is 13.2. The Labute approximate surface area is 174 Å². The molecule has 0 bridgehead atoms. The molecule has 0 saturated heterocycles. The van der Waals surface area contributed by atoms with E-state index in [9.17, 15) is 9.59 Å². The Kier molecular flexibility index (Phi) is 5.11. The van der Waals surface area contributed by atoms with Crippen molar-refractivity contribution in [2.24, 2.45) is 0 Å². The first-order valence-electron chi connectivity index (χ1n) is 9.58. The minimum absolute atomic E-state index is 0.0554. The normalized spacial score (nSPS) is 18.3. The molecule has 0 aromatic heterocycles. The fraction of sp³-hybridized carbons (Fsp3) is 0.304. The Morgan fingerprint density at radius 1 is 0.933 bits per heavy atom. The molecule has 0 radical (unpaired) electrons. The van der Waals surface area contributed by atoms with Gasteiger partial charge in [0.05, 0.1) is 32.6 Å². The molecule has 0 N–H and O–H groups in total. The van der Waals surface area contributed by atoms with E-state index >= 15 is 0 Å². The average Bonchev–Trinajstić information content (AvgIpc) is 3.14. The highest BCUT2D eigenvalue weighted by Gasteiger charge is 2.44. The summed E-state index contributed by atoms with van der Waals surface area (Å²) in [4.78, 5) is 27.5. The van der Waals surface area contributed by atoms with E-state index in [2.05, 4.69) is 0 Å². The topological polar surface area (TPSA) is 74.3 Å². The van der Waals surface area contributed by atoms with Crippen LogP contribution in [0.15, 0.2) is 47.7 Å². The predicted molar refractivity (Wildman–Crippen MR) is 110 cm³/mol. The summed E-state index contributed by atoms with van der Waals surface area (Å²) in [5, 5.41) is 0. The summed E-state index contributed by atoms with van der Waals surface area (Å²) < 4.78 is 21.8. The van der Waals surface area contributed by atoms with Gasteiger partial charge in [-0.3, -0.25) is 9.69 Å². The Morgan fingerprint density at radius 3 is 2.27 bits per heavy atom. The highest BCUT2D eigenvalue weighted by Crippen LogP contribution is 2.49. The fourth-order valence-corrected chi connectivity index (χ4v) is 4.11. The third kappa shape index (κ3) is 3.07. The molecule has 1 amide bonds. The van der Waals surface area contributed by atoms with E-state index in [0.29, 0.717) is 39.8 Å². The number of cyclic esters (lactones) is 1. The lowest BCUT2D eigenvalue weighted by Crippen LogP contribution is -2.37. The second-order valence-corrected chi connectivity index (χ2v) is 7.18. The van der Waals surface area contributed by atoms with Gasteiger partial charge in [-0.2, -0.15) is 0 Å². The number of rotatable bonds is 5. The first kappa shape index (κ1) is 19.8. The zero-order chi connectivity index (χ0) is 21.4. The van der Waals surface area contributed by atoms with Crippen LogP contribution in [0, 0.1) is 6.92 Å². The Balaban J connectivity index is 1.86. The standard InChI is InChI=1S/C23H23NO6/c1-13-5-7-14(8-6-13)24-17-12-30-23(26)20(17)16(11-19(24)25)15-9-10-18(27-2)22(29-4)21(15)28-3/h5-10,16H,11-12H2,1-4H3/t16-/m0/s1. The fourth-order valence-electron chi connectivity index (χ4n) is 4.11. The third-order valence-electron chi connectivity index (χ3n) is 5.52. The van der Waals surface area contributed by atoms with Crippen LogP contribution in [-0.4, -0.2) is 39.8 Å². The van der Waals surface area contributed by atoms with Crippen LogP contribution >= 0.6 is 0 Å². The summed E-state index contributed by atoms with van der Waals surface area (Å²) >= 11 is 0. The van der Waals surface area contributed by atoms with Crippen molar-refractivity contribution in [2.45, 2.75) is 19.3 Å². The zero-order valence-corrected chi connectivity index (χ0v) is 17.4. The van der Waals surface area contributed by atoms with Gasteiger partial charge in [-0.05, 0) is 25.1 Å². The SMILES string of the molecule is COc1ccc([C@@H]2CC(=O)N(c3ccc(C)cc3)C3=C2C(=O)OC3)c(OC)c1OC. The molecular formula is C23H23NO6. The van der Waals surface area contributed by atoms with E-state index in [4.69, 9.17) is 18.9 Å². The van der Waals surface area contributed by atoms with Crippen molar-refractivity contribution >= 4 is 17.6 Å². The molecule has 156 valence electrons. The van der Waals surface area contributed by atoms with Gasteiger partial charge in [-0.1, -0.05) is 23.8 Å². The predicted octanol–water partition coefficient (Wildman–Crippen LogP) is 3.35. The van der Waals surface area contributed by atoms with Crippen LogP contribution in [0.4, 0.5) is 5.69 Å². The lowest BCUT2D eigenvalue weighted by molar-refractivity contribution is -0.136. The van der Waals surface area contributed by atoms with Crippen LogP contribution < -0.4 is 19.1 Å². The van der Waals surface area contributed by atoms with E-state index < -0.39 is 11.9 Å². The lowest BCUT2D eigenvalue weighted by atomic mass is 9.83. The number of esters is 1. The molecule has 7 heteroatoms. The van der Waals surface area contributed by atoms with Crippen molar-refractivity contribution in [1.82, 2.24) is 0 Å². The van der Waals surface area contributed by atoms with E-state index in [1.54, 1.807) is 17.0 Å². The minimum Gasteiger partial charge on any atom is -0.493 e. The van der Waals surface area contributed by atoms with Gasteiger partial charge in [0, 0.05) is 23.6 Å². The lowest BCUT2D eigenvalue weighted by Gasteiger charge is -2.32. The summed E-state index contributed by atoms with van der Waals surface area (Å²) in [6.07, 6.45) is 0.105. The summed E-state index contributed by atoms with van der Waals surface area (Å²) in [6, 6.07) is 11.2. The van der Waals surface area contributed by atoms with Gasteiger partial charge in [0.1, 0.15) is 6.61 Å². The molecule has 2 aromatic carbocycles. The Morgan fingerprint density at radius 2 is 1.63 bits per heavy atom. The molecule has 0 spiro atoms. The number of amides is 1. The zero-order valence-electron chi connectivity index (χ0n) is 17.4. The third-order valence-corrected chi connectivity index (χ3v) is 5.52. The number of hydrogen-bond acceptors (Lipinski definition) is 6. The molecule has 2 aliphatic rings. The monoisotopic (exact) mass is 409 g/mol. The molecule has 0 aliphatic carbocycles. The smallest absolute Gasteiger partial charge is 0.336 e. The number of ether oxygens (including phenoxy) is 4. The van der Waals surface area contributed by atoms with Gasteiger partial charge in [0.15, 0.2) is 11.5 Å². The largest absolute Gasteiger partial charge is 0.493 e. The molecule has 7 nitrogen and oxygen atoms in total. The molecule has 2 aliphatic heterocycles. The van der Waals surface area contributed by atoms with Gasteiger partial charge >= 0.3 is 5.97 Å². The summed E-state index contributed by atoms with van der Waals surface area (Å²) in [6.45, 7) is 2.04. The summed E-state index contributed by atoms with van der Waals surface area (Å²) in [7, 11) is 4.58. The summed E-state index contributed by atoms with van der Waals surface area (Å²) in [5.41, 5.74) is 3.53. The molecule has 2 aromatic rings.